The van der Waals surface area contributed by atoms with Gasteiger partial charge in [-0.1, -0.05) is 19.4 Å². The van der Waals surface area contributed by atoms with Crippen molar-refractivity contribution in [1.82, 2.24) is 5.32 Å². The van der Waals surface area contributed by atoms with Crippen molar-refractivity contribution in [2.45, 2.75) is 51.5 Å². The van der Waals surface area contributed by atoms with Crippen molar-refractivity contribution in [3.05, 3.63) is 23.8 Å². The van der Waals surface area contributed by atoms with Gasteiger partial charge in [0.1, 0.15) is 5.75 Å². The van der Waals surface area contributed by atoms with Crippen LogP contribution in [0.4, 0.5) is 5.69 Å². The summed E-state index contributed by atoms with van der Waals surface area (Å²) < 4.78 is 5.61. The van der Waals surface area contributed by atoms with Gasteiger partial charge in [0.05, 0.1) is 12.3 Å². The zero-order valence-corrected chi connectivity index (χ0v) is 12.2. The highest BCUT2D eigenvalue weighted by Crippen LogP contribution is 2.24. The smallest absolute Gasteiger partial charge is 0.220 e. The van der Waals surface area contributed by atoms with Crippen LogP contribution in [0.15, 0.2) is 18.2 Å². The molecule has 2 rings (SSSR count). The first kappa shape index (κ1) is 14.7. The molecule has 0 radical (unpaired) electrons. The molecule has 1 fully saturated rings. The molecule has 1 saturated carbocycles. The zero-order valence-electron chi connectivity index (χ0n) is 12.2. The van der Waals surface area contributed by atoms with Crippen molar-refractivity contribution in [2.24, 2.45) is 0 Å². The number of hydrogen-bond donors (Lipinski definition) is 2. The predicted molar refractivity (Wildman–Crippen MR) is 80.7 cm³/mol. The standard InChI is InChI=1S/C16H24N2O2/c1-2-3-10-20-15-8-4-12(11-14(15)17)5-9-16(19)18-13-6-7-13/h4,8,11,13H,2-3,5-7,9-10,17H2,1H3,(H,18,19). The number of nitrogen functional groups attached to an aromatic ring is 1. The number of amides is 1. The van der Waals surface area contributed by atoms with Crippen LogP contribution in [0.5, 0.6) is 5.75 Å². The Morgan fingerprint density at radius 1 is 1.45 bits per heavy atom. The highest BCUT2D eigenvalue weighted by atomic mass is 16.5. The van der Waals surface area contributed by atoms with Crippen LogP contribution < -0.4 is 15.8 Å². The minimum Gasteiger partial charge on any atom is -0.491 e. The Balaban J connectivity index is 1.79. The first-order chi connectivity index (χ1) is 9.69. The van der Waals surface area contributed by atoms with Crippen LogP contribution in [-0.4, -0.2) is 18.6 Å². The number of carbonyl (C=O) groups is 1. The maximum Gasteiger partial charge on any atom is 0.220 e. The van der Waals surface area contributed by atoms with E-state index >= 15 is 0 Å². The average molecular weight is 276 g/mol. The van der Waals surface area contributed by atoms with E-state index in [2.05, 4.69) is 12.2 Å². The molecule has 1 aromatic carbocycles. The second-order valence-corrected chi connectivity index (χ2v) is 5.42. The molecule has 0 atom stereocenters. The SMILES string of the molecule is CCCCOc1ccc(CCC(=O)NC2CC2)cc1N. The lowest BCUT2D eigenvalue weighted by molar-refractivity contribution is -0.121. The van der Waals surface area contributed by atoms with Crippen LogP contribution in [0.1, 0.15) is 44.6 Å². The Morgan fingerprint density at radius 2 is 2.25 bits per heavy atom. The van der Waals surface area contributed by atoms with Crippen LogP contribution in [0.2, 0.25) is 0 Å². The minimum atomic E-state index is 0.134. The predicted octanol–water partition coefficient (Wildman–Crippen LogP) is 2.66. The van der Waals surface area contributed by atoms with Crippen molar-refractivity contribution in [3.63, 3.8) is 0 Å². The number of aryl methyl sites for hydroxylation is 1. The summed E-state index contributed by atoms with van der Waals surface area (Å²) in [6, 6.07) is 6.23. The third-order valence-corrected chi connectivity index (χ3v) is 3.41. The summed E-state index contributed by atoms with van der Waals surface area (Å²) in [7, 11) is 0. The van der Waals surface area contributed by atoms with E-state index < -0.39 is 0 Å². The highest BCUT2D eigenvalue weighted by Gasteiger charge is 2.22. The third kappa shape index (κ3) is 4.76. The van der Waals surface area contributed by atoms with E-state index in [1.807, 2.05) is 18.2 Å². The van der Waals surface area contributed by atoms with Gasteiger partial charge in [0, 0.05) is 12.5 Å². The van der Waals surface area contributed by atoms with Crippen LogP contribution in [-0.2, 0) is 11.2 Å². The van der Waals surface area contributed by atoms with Crippen molar-refractivity contribution >= 4 is 11.6 Å². The van der Waals surface area contributed by atoms with Gasteiger partial charge < -0.3 is 15.8 Å². The average Bonchev–Trinajstić information content (AvgIpc) is 3.23. The van der Waals surface area contributed by atoms with Crippen LogP contribution in [0.25, 0.3) is 0 Å². The Morgan fingerprint density at radius 3 is 2.90 bits per heavy atom. The molecular formula is C16H24N2O2. The molecule has 1 aliphatic carbocycles. The maximum atomic E-state index is 11.6. The third-order valence-electron chi connectivity index (χ3n) is 3.41. The monoisotopic (exact) mass is 276 g/mol. The number of hydrogen-bond acceptors (Lipinski definition) is 3. The molecule has 1 aliphatic rings. The topological polar surface area (TPSA) is 64.3 Å². The zero-order chi connectivity index (χ0) is 14.4. The molecule has 3 N–H and O–H groups in total. The van der Waals surface area contributed by atoms with Gasteiger partial charge in [-0.15, -0.1) is 0 Å². The van der Waals surface area contributed by atoms with Gasteiger partial charge >= 0.3 is 0 Å². The summed E-state index contributed by atoms with van der Waals surface area (Å²) in [5.41, 5.74) is 7.71. The Bertz CT molecular complexity index is 456. The molecule has 110 valence electrons. The molecule has 0 heterocycles. The number of unbranched alkanes of at least 4 members (excludes halogenated alkanes) is 1. The second-order valence-electron chi connectivity index (χ2n) is 5.42. The van der Waals surface area contributed by atoms with Gasteiger partial charge in [0.2, 0.25) is 5.91 Å². The molecule has 0 spiro atoms. The number of benzene rings is 1. The van der Waals surface area contributed by atoms with E-state index in [0.717, 1.165) is 43.4 Å². The number of anilines is 1. The molecular weight excluding hydrogens is 252 g/mol. The highest BCUT2D eigenvalue weighted by molar-refractivity contribution is 5.76. The number of carbonyl (C=O) groups excluding carboxylic acids is 1. The van der Waals surface area contributed by atoms with E-state index in [0.29, 0.717) is 24.8 Å². The molecule has 0 bridgehead atoms. The molecule has 1 aromatic rings. The van der Waals surface area contributed by atoms with Crippen molar-refractivity contribution < 1.29 is 9.53 Å². The van der Waals surface area contributed by atoms with Gasteiger partial charge in [0.15, 0.2) is 0 Å². The molecule has 0 saturated heterocycles. The van der Waals surface area contributed by atoms with Crippen LogP contribution in [0.3, 0.4) is 0 Å². The minimum absolute atomic E-state index is 0.134. The largest absolute Gasteiger partial charge is 0.491 e. The summed E-state index contributed by atoms with van der Waals surface area (Å²) in [5, 5.41) is 2.99. The Labute approximate surface area is 120 Å². The lowest BCUT2D eigenvalue weighted by Gasteiger charge is -2.10. The lowest BCUT2D eigenvalue weighted by Crippen LogP contribution is -2.25. The Kier molecular flexibility index (Phi) is 5.27. The first-order valence-electron chi connectivity index (χ1n) is 7.49. The van der Waals surface area contributed by atoms with Gasteiger partial charge in [-0.3, -0.25) is 4.79 Å². The molecule has 1 amide bonds. The fourth-order valence-corrected chi connectivity index (χ4v) is 2.00. The summed E-state index contributed by atoms with van der Waals surface area (Å²) in [5.74, 6) is 0.874. The normalized spacial score (nSPS) is 14.1. The molecule has 0 aliphatic heterocycles. The molecule has 4 heteroatoms. The summed E-state index contributed by atoms with van der Waals surface area (Å²) in [4.78, 5) is 11.6. The van der Waals surface area contributed by atoms with E-state index in [-0.39, 0.29) is 5.91 Å². The molecule has 0 unspecified atom stereocenters. The second kappa shape index (κ2) is 7.17. The van der Waals surface area contributed by atoms with Crippen molar-refractivity contribution in [1.29, 1.82) is 0 Å². The van der Waals surface area contributed by atoms with E-state index in [1.165, 1.54) is 0 Å². The van der Waals surface area contributed by atoms with Crippen LogP contribution in [0, 0.1) is 0 Å². The fourth-order valence-electron chi connectivity index (χ4n) is 2.00. The number of rotatable bonds is 8. The van der Waals surface area contributed by atoms with Gasteiger partial charge in [-0.05, 0) is 43.4 Å². The van der Waals surface area contributed by atoms with Crippen molar-refractivity contribution in [3.8, 4) is 5.75 Å². The van der Waals surface area contributed by atoms with Crippen molar-refractivity contribution in [2.75, 3.05) is 12.3 Å². The van der Waals surface area contributed by atoms with E-state index in [4.69, 9.17) is 10.5 Å². The van der Waals surface area contributed by atoms with E-state index in [9.17, 15) is 4.79 Å². The first-order valence-corrected chi connectivity index (χ1v) is 7.49. The van der Waals surface area contributed by atoms with Gasteiger partial charge in [-0.25, -0.2) is 0 Å². The number of nitrogens with one attached hydrogen (secondary N) is 1. The lowest BCUT2D eigenvalue weighted by atomic mass is 10.1. The summed E-state index contributed by atoms with van der Waals surface area (Å²) in [6.07, 6.45) is 5.63. The van der Waals surface area contributed by atoms with Gasteiger partial charge in [-0.2, -0.15) is 0 Å². The number of ether oxygens (including phenoxy) is 1. The quantitative estimate of drug-likeness (QED) is 0.566. The molecule has 0 aromatic heterocycles. The molecule has 20 heavy (non-hydrogen) atoms. The fraction of sp³-hybridized carbons (Fsp3) is 0.562. The molecule has 4 nitrogen and oxygen atoms in total. The maximum absolute atomic E-state index is 11.6. The summed E-state index contributed by atoms with van der Waals surface area (Å²) >= 11 is 0. The summed E-state index contributed by atoms with van der Waals surface area (Å²) in [6.45, 7) is 2.83. The van der Waals surface area contributed by atoms with Crippen LogP contribution >= 0.6 is 0 Å². The van der Waals surface area contributed by atoms with E-state index in [1.54, 1.807) is 0 Å². The number of nitrogens with two attached hydrogens (primary N) is 1. The Hall–Kier alpha value is -1.71. The van der Waals surface area contributed by atoms with Gasteiger partial charge in [0.25, 0.3) is 0 Å².